The zero-order valence-electron chi connectivity index (χ0n) is 23.4. The lowest BCUT2D eigenvalue weighted by Gasteiger charge is -2.35. The van der Waals surface area contributed by atoms with Crippen molar-refractivity contribution in [3.05, 3.63) is 133 Å². The van der Waals surface area contributed by atoms with Crippen LogP contribution in [0.15, 0.2) is 133 Å². The molecule has 204 valence electrons. The molecule has 0 saturated heterocycles. The van der Waals surface area contributed by atoms with Crippen LogP contribution in [-0.2, 0) is 4.57 Å². The molecule has 0 N–H and O–H groups in total. The smallest absolute Gasteiger partial charge is 0.358 e. The van der Waals surface area contributed by atoms with Gasteiger partial charge in [0.05, 0.1) is 27.8 Å². The van der Waals surface area contributed by atoms with E-state index >= 15 is 4.57 Å². The van der Waals surface area contributed by atoms with Crippen molar-refractivity contribution >= 4 is 68.5 Å². The number of benzene rings is 6. The van der Waals surface area contributed by atoms with Crippen LogP contribution in [0.25, 0.3) is 61.0 Å². The quantitative estimate of drug-likeness (QED) is 0.146. The van der Waals surface area contributed by atoms with Crippen molar-refractivity contribution in [3.63, 3.8) is 0 Å². The van der Waals surface area contributed by atoms with E-state index in [0.29, 0.717) is 0 Å². The molecule has 3 aliphatic rings. The Balaban J connectivity index is 1.32. The van der Waals surface area contributed by atoms with E-state index in [4.69, 9.17) is 4.98 Å². The fraction of sp³-hybridized carbons (Fsp3) is 0. The van der Waals surface area contributed by atoms with Gasteiger partial charge in [-0.05, 0) is 54.1 Å². The zero-order chi connectivity index (χ0) is 28.7. The van der Waals surface area contributed by atoms with Crippen LogP contribution in [0.5, 0.6) is 0 Å². The first-order valence-electron chi connectivity index (χ1n) is 15.0. The maximum atomic E-state index is 16.3. The SMILES string of the molecule is O=P12B3N(c4ccccc4-c4nc5ccccc5n43)c3ccc(-n4c5ccccc5c5ccccc54)c(c31)-c1ccccc12. The van der Waals surface area contributed by atoms with Crippen LogP contribution in [0.3, 0.4) is 0 Å². The number of para-hydroxylation sites is 5. The predicted molar refractivity (Wildman–Crippen MR) is 182 cm³/mol. The lowest BCUT2D eigenvalue weighted by atomic mass is 9.92. The maximum Gasteiger partial charge on any atom is 0.466 e. The molecule has 0 spiro atoms. The van der Waals surface area contributed by atoms with Crippen LogP contribution < -0.4 is 15.4 Å². The van der Waals surface area contributed by atoms with Gasteiger partial charge in [-0.2, -0.15) is 0 Å². The van der Waals surface area contributed by atoms with Crippen molar-refractivity contribution in [2.75, 3.05) is 4.81 Å². The molecule has 5 nitrogen and oxygen atoms in total. The highest BCUT2D eigenvalue weighted by atomic mass is 31.2. The van der Waals surface area contributed by atoms with Gasteiger partial charge in [0.25, 0.3) is 0 Å². The lowest BCUT2D eigenvalue weighted by Crippen LogP contribution is -2.44. The molecule has 5 heterocycles. The average molecular weight is 580 g/mol. The van der Waals surface area contributed by atoms with E-state index in [0.717, 1.165) is 72.3 Å². The van der Waals surface area contributed by atoms with E-state index in [2.05, 4.69) is 135 Å². The normalized spacial score (nSPS) is 17.2. The molecule has 11 rings (SSSR count). The summed E-state index contributed by atoms with van der Waals surface area (Å²) in [5.74, 6) is 0.875. The summed E-state index contributed by atoms with van der Waals surface area (Å²) in [6, 6.07) is 46.7. The minimum Gasteiger partial charge on any atom is -0.358 e. The standard InChI is InChI=1S/C37H22BN4OP/c43-44-34-20-10-4-14-26(34)35-32(40-28-16-6-1-11-23(28)24-12-2-7-17-29(24)40)21-22-33(36(35)44)41-30-18-8-3-13-25(30)37-39-27-15-5-9-19-31(27)42(37)38(41)44/h1-22H. The Morgan fingerprint density at radius 3 is 1.98 bits per heavy atom. The number of hydrogen-bond acceptors (Lipinski definition) is 3. The molecule has 0 saturated carbocycles. The fourth-order valence-corrected chi connectivity index (χ4v) is 12.0. The van der Waals surface area contributed by atoms with Gasteiger partial charge in [0, 0.05) is 43.9 Å². The molecule has 0 amide bonds. The summed E-state index contributed by atoms with van der Waals surface area (Å²) in [6.07, 6.45) is 0. The van der Waals surface area contributed by atoms with Crippen molar-refractivity contribution < 1.29 is 4.57 Å². The summed E-state index contributed by atoms with van der Waals surface area (Å²) in [7, 11) is -3.24. The van der Waals surface area contributed by atoms with Gasteiger partial charge >= 0.3 is 6.70 Å². The molecule has 44 heavy (non-hydrogen) atoms. The Kier molecular flexibility index (Phi) is 4.10. The monoisotopic (exact) mass is 580 g/mol. The topological polar surface area (TPSA) is 43.1 Å². The maximum absolute atomic E-state index is 16.3. The molecule has 0 bridgehead atoms. The van der Waals surface area contributed by atoms with Gasteiger partial charge in [0.15, 0.2) is 7.02 Å². The van der Waals surface area contributed by atoms with Gasteiger partial charge in [-0.15, -0.1) is 0 Å². The molecule has 0 radical (unpaired) electrons. The highest BCUT2D eigenvalue weighted by Crippen LogP contribution is 2.67. The molecular weight excluding hydrogens is 558 g/mol. The van der Waals surface area contributed by atoms with Gasteiger partial charge in [-0.3, -0.25) is 0 Å². The first-order valence-corrected chi connectivity index (χ1v) is 16.7. The fourth-order valence-electron chi connectivity index (χ4n) is 8.23. The molecule has 2 aromatic heterocycles. The number of nitrogens with zero attached hydrogens (tertiary/aromatic N) is 4. The third-order valence-electron chi connectivity index (χ3n) is 9.87. The second-order valence-corrected chi connectivity index (χ2v) is 14.6. The molecule has 7 heteroatoms. The van der Waals surface area contributed by atoms with Crippen LogP contribution in [0.2, 0.25) is 0 Å². The largest absolute Gasteiger partial charge is 0.466 e. The van der Waals surface area contributed by atoms with Gasteiger partial charge in [0.1, 0.15) is 5.82 Å². The summed E-state index contributed by atoms with van der Waals surface area (Å²) >= 11 is 0. The third kappa shape index (κ3) is 2.50. The van der Waals surface area contributed by atoms with E-state index in [9.17, 15) is 0 Å². The van der Waals surface area contributed by atoms with E-state index in [1.54, 1.807) is 0 Å². The van der Waals surface area contributed by atoms with E-state index in [1.807, 2.05) is 12.1 Å². The van der Waals surface area contributed by atoms with Crippen molar-refractivity contribution in [2.24, 2.45) is 0 Å². The highest BCUT2D eigenvalue weighted by molar-refractivity contribution is 8.07. The van der Waals surface area contributed by atoms with E-state index < -0.39 is 13.7 Å². The van der Waals surface area contributed by atoms with Crippen LogP contribution >= 0.6 is 7.02 Å². The van der Waals surface area contributed by atoms with Crippen molar-refractivity contribution in [2.45, 2.75) is 0 Å². The molecule has 3 aliphatic heterocycles. The Hall–Kier alpha value is -5.32. The summed E-state index contributed by atoms with van der Waals surface area (Å²) in [6.45, 7) is -0.439. The minimum atomic E-state index is -3.24. The Morgan fingerprint density at radius 2 is 1.18 bits per heavy atom. The Morgan fingerprint density at radius 1 is 0.568 bits per heavy atom. The molecule has 8 aromatic rings. The van der Waals surface area contributed by atoms with Crippen LogP contribution in [0.4, 0.5) is 11.4 Å². The molecule has 0 fully saturated rings. The van der Waals surface area contributed by atoms with Gasteiger partial charge < -0.3 is 18.4 Å². The van der Waals surface area contributed by atoms with Crippen molar-refractivity contribution in [3.8, 4) is 28.2 Å². The van der Waals surface area contributed by atoms with Gasteiger partial charge in [-0.1, -0.05) is 84.9 Å². The van der Waals surface area contributed by atoms with E-state index in [-0.39, 0.29) is 0 Å². The summed E-state index contributed by atoms with van der Waals surface area (Å²) in [4.78, 5) is 7.46. The third-order valence-corrected chi connectivity index (χ3v) is 13.2. The molecule has 1 atom stereocenters. The van der Waals surface area contributed by atoms with Gasteiger partial charge in [-0.25, -0.2) is 4.98 Å². The number of aromatic nitrogens is 3. The summed E-state index contributed by atoms with van der Waals surface area (Å²) in [5, 5.41) is 4.32. The van der Waals surface area contributed by atoms with Gasteiger partial charge in [0.2, 0.25) is 0 Å². The second kappa shape index (κ2) is 7.79. The number of imidazole rings is 1. The first-order chi connectivity index (χ1) is 21.7. The molecular formula is C37H22BN4OP. The first kappa shape index (κ1) is 23.2. The number of anilines is 2. The predicted octanol–water partition coefficient (Wildman–Crippen LogP) is 8.09. The molecule has 0 aliphatic carbocycles. The summed E-state index contributed by atoms with van der Waals surface area (Å²) in [5.41, 5.74) is 10.5. The lowest BCUT2D eigenvalue weighted by molar-refractivity contribution is 0.594. The molecule has 1 unspecified atom stereocenters. The average Bonchev–Trinajstić information content (AvgIpc) is 3.78. The second-order valence-electron chi connectivity index (χ2n) is 11.9. The van der Waals surface area contributed by atoms with Crippen LogP contribution in [0, 0.1) is 0 Å². The number of fused-ring (bicyclic) bond motifs is 16. The molecule has 6 aromatic carbocycles. The summed E-state index contributed by atoms with van der Waals surface area (Å²) < 4.78 is 20.9. The minimum absolute atomic E-state index is 0.439. The number of rotatable bonds is 1. The van der Waals surface area contributed by atoms with Crippen LogP contribution in [-0.4, -0.2) is 20.7 Å². The van der Waals surface area contributed by atoms with Crippen molar-refractivity contribution in [1.29, 1.82) is 0 Å². The Labute approximate surface area is 253 Å². The number of hydrogen-bond donors (Lipinski definition) is 0. The zero-order valence-corrected chi connectivity index (χ0v) is 24.3. The Bertz CT molecular complexity index is 2580. The van der Waals surface area contributed by atoms with Crippen LogP contribution in [0.1, 0.15) is 0 Å². The van der Waals surface area contributed by atoms with E-state index in [1.165, 1.54) is 10.8 Å². The highest BCUT2D eigenvalue weighted by Gasteiger charge is 2.62. The van der Waals surface area contributed by atoms with Crippen molar-refractivity contribution in [1.82, 2.24) is 14.0 Å².